The van der Waals surface area contributed by atoms with Gasteiger partial charge in [0.05, 0.1) is 22.7 Å². The Labute approximate surface area is 254 Å². The molecule has 0 unspecified atom stereocenters. The van der Waals surface area contributed by atoms with E-state index in [9.17, 15) is 34.8 Å². The minimum Gasteiger partial charge on any atom is -0.457 e. The van der Waals surface area contributed by atoms with E-state index in [1.54, 1.807) is 18.2 Å². The molecule has 1 aliphatic rings. The lowest BCUT2D eigenvalue weighted by Crippen LogP contribution is -2.35. The van der Waals surface area contributed by atoms with Crippen LogP contribution in [0.25, 0.3) is 22.2 Å². The Hall–Kier alpha value is -4.36. The number of aromatic nitrogens is 2. The molecule has 0 saturated carbocycles. The van der Waals surface area contributed by atoms with Crippen molar-refractivity contribution in [1.29, 1.82) is 0 Å². The second-order valence-electron chi connectivity index (χ2n) is 10.6. The van der Waals surface area contributed by atoms with Crippen molar-refractivity contribution in [3.63, 3.8) is 0 Å². The average molecular weight is 646 g/mol. The van der Waals surface area contributed by atoms with Crippen LogP contribution in [0.15, 0.2) is 83.8 Å². The predicted molar refractivity (Wildman–Crippen MR) is 155 cm³/mol. The van der Waals surface area contributed by atoms with Gasteiger partial charge in [-0.1, -0.05) is 30.7 Å². The van der Waals surface area contributed by atoms with E-state index >= 15 is 0 Å². The van der Waals surface area contributed by atoms with Crippen LogP contribution < -0.4 is 4.74 Å². The smallest absolute Gasteiger partial charge is 0.418 e. The first-order valence-corrected chi connectivity index (χ1v) is 15.4. The predicted octanol–water partition coefficient (Wildman–Crippen LogP) is 8.15. The summed E-state index contributed by atoms with van der Waals surface area (Å²) >= 11 is 0. The Morgan fingerprint density at radius 3 is 2.13 bits per heavy atom. The van der Waals surface area contributed by atoms with Gasteiger partial charge in [0.15, 0.2) is 0 Å². The van der Waals surface area contributed by atoms with Gasteiger partial charge in [-0.2, -0.15) is 22.6 Å². The largest absolute Gasteiger partial charge is 0.457 e. The highest BCUT2D eigenvalue weighted by Crippen LogP contribution is 2.39. The lowest BCUT2D eigenvalue weighted by atomic mass is 10.0. The summed E-state index contributed by atoms with van der Waals surface area (Å²) in [6.45, 7) is 0.296. The number of fused-ring (bicyclic) bond motifs is 1. The molecule has 1 aliphatic heterocycles. The number of benzene rings is 4. The van der Waals surface area contributed by atoms with E-state index in [0.29, 0.717) is 36.5 Å². The monoisotopic (exact) mass is 645 g/mol. The van der Waals surface area contributed by atoms with Crippen LogP contribution >= 0.6 is 0 Å². The first-order chi connectivity index (χ1) is 21.4. The maximum absolute atomic E-state index is 14.6. The van der Waals surface area contributed by atoms with Gasteiger partial charge in [-0.25, -0.2) is 21.6 Å². The number of hydrogen-bond donors (Lipinski definition) is 0. The summed E-state index contributed by atoms with van der Waals surface area (Å²) in [5.74, 6) is -3.00. The quantitative estimate of drug-likeness (QED) is 0.168. The number of sulfonamides is 1. The van der Waals surface area contributed by atoms with Crippen molar-refractivity contribution >= 4 is 20.9 Å². The summed E-state index contributed by atoms with van der Waals surface area (Å²) in [5.41, 5.74) is -1.60. The number of halogens is 6. The van der Waals surface area contributed by atoms with Crippen molar-refractivity contribution in [3.05, 3.63) is 107 Å². The summed E-state index contributed by atoms with van der Waals surface area (Å²) in [6.07, 6.45) is -2.18. The van der Waals surface area contributed by atoms with Gasteiger partial charge in [-0.15, -0.1) is 0 Å². The molecule has 13 heteroatoms. The van der Waals surface area contributed by atoms with Crippen LogP contribution in [0.3, 0.4) is 0 Å². The normalized spacial score (nSPS) is 14.6. The summed E-state index contributed by atoms with van der Waals surface area (Å²) in [6, 6.07) is 16.6. The molecule has 0 aliphatic carbocycles. The van der Waals surface area contributed by atoms with Gasteiger partial charge in [0.25, 0.3) is 0 Å². The van der Waals surface area contributed by atoms with Crippen molar-refractivity contribution in [2.24, 2.45) is 0 Å². The van der Waals surface area contributed by atoms with Gasteiger partial charge in [-0.3, -0.25) is 4.68 Å². The third kappa shape index (κ3) is 6.14. The summed E-state index contributed by atoms with van der Waals surface area (Å²) in [4.78, 5) is 0.126. The zero-order valence-corrected chi connectivity index (χ0v) is 24.3. The molecular formula is C32H25F6N3O3S. The van der Waals surface area contributed by atoms with E-state index in [2.05, 4.69) is 5.10 Å². The Kier molecular flexibility index (Phi) is 8.08. The van der Waals surface area contributed by atoms with Gasteiger partial charge >= 0.3 is 6.18 Å². The number of piperidine rings is 1. The molecule has 0 spiro atoms. The zero-order chi connectivity index (χ0) is 31.9. The van der Waals surface area contributed by atoms with E-state index < -0.39 is 56.8 Å². The molecule has 45 heavy (non-hydrogen) atoms. The van der Waals surface area contributed by atoms with Gasteiger partial charge in [0.1, 0.15) is 34.5 Å². The van der Waals surface area contributed by atoms with Crippen molar-refractivity contribution in [2.75, 3.05) is 13.1 Å². The second kappa shape index (κ2) is 11.9. The highest BCUT2D eigenvalue weighted by molar-refractivity contribution is 7.89. The molecule has 2 heterocycles. The van der Waals surface area contributed by atoms with Gasteiger partial charge < -0.3 is 4.74 Å². The minimum atomic E-state index is -4.76. The van der Waals surface area contributed by atoms with Crippen LogP contribution in [-0.2, 0) is 22.7 Å². The molecule has 1 fully saturated rings. The first-order valence-electron chi connectivity index (χ1n) is 14.0. The Bertz CT molecular complexity index is 1960. The van der Waals surface area contributed by atoms with Crippen LogP contribution in [-0.4, -0.2) is 35.6 Å². The summed E-state index contributed by atoms with van der Waals surface area (Å²) in [7, 11) is -3.65. The van der Waals surface area contributed by atoms with E-state index in [-0.39, 0.29) is 21.7 Å². The number of alkyl halides is 3. The van der Waals surface area contributed by atoms with Crippen LogP contribution in [0.1, 0.15) is 30.4 Å². The molecule has 6 nitrogen and oxygen atoms in total. The van der Waals surface area contributed by atoms with E-state index in [1.807, 2.05) is 0 Å². The van der Waals surface area contributed by atoms with Gasteiger partial charge in [0, 0.05) is 41.7 Å². The van der Waals surface area contributed by atoms with Gasteiger partial charge in [-0.05, 0) is 55.3 Å². The van der Waals surface area contributed by atoms with E-state index in [4.69, 9.17) is 4.74 Å². The standard InChI is InChI=1S/C32H25F6N3O3S/c33-21-17-28(34)26(29(35)18-21)19-41-31(25-8-5-9-27(30(25)39-41)32(36,37)38)20-6-4-7-23(16-20)44-22-10-12-24(13-11-22)45(42,43)40-14-2-1-3-15-40/h4-13,16-18H,1-3,14-15,19H2. The van der Waals surface area contributed by atoms with Crippen molar-refractivity contribution < 1.29 is 39.5 Å². The Morgan fingerprint density at radius 1 is 0.800 bits per heavy atom. The molecule has 234 valence electrons. The fraction of sp³-hybridized carbons (Fsp3) is 0.219. The van der Waals surface area contributed by atoms with Crippen LogP contribution in [0.2, 0.25) is 0 Å². The Morgan fingerprint density at radius 2 is 1.47 bits per heavy atom. The van der Waals surface area contributed by atoms with Crippen molar-refractivity contribution in [1.82, 2.24) is 14.1 Å². The second-order valence-corrected chi connectivity index (χ2v) is 12.6. The molecule has 6 rings (SSSR count). The highest BCUT2D eigenvalue weighted by atomic mass is 32.2. The number of hydrogen-bond acceptors (Lipinski definition) is 4. The maximum Gasteiger partial charge on any atom is 0.418 e. The maximum atomic E-state index is 14.6. The van der Waals surface area contributed by atoms with E-state index in [1.165, 1.54) is 46.8 Å². The molecule has 0 amide bonds. The fourth-order valence-corrected chi connectivity index (χ4v) is 6.97. The minimum absolute atomic E-state index is 0.0668. The summed E-state index contributed by atoms with van der Waals surface area (Å²) in [5, 5.41) is 4.17. The van der Waals surface area contributed by atoms with Crippen LogP contribution in [0, 0.1) is 17.5 Å². The van der Waals surface area contributed by atoms with Crippen LogP contribution in [0.5, 0.6) is 11.5 Å². The summed E-state index contributed by atoms with van der Waals surface area (Å²) < 4.78 is 119. The fourth-order valence-electron chi connectivity index (χ4n) is 5.45. The molecular weight excluding hydrogens is 620 g/mol. The zero-order valence-electron chi connectivity index (χ0n) is 23.5. The van der Waals surface area contributed by atoms with Crippen LogP contribution in [0.4, 0.5) is 26.3 Å². The topological polar surface area (TPSA) is 64.4 Å². The molecule has 4 aromatic carbocycles. The Balaban J connectivity index is 1.37. The lowest BCUT2D eigenvalue weighted by molar-refractivity contribution is -0.136. The molecule has 0 radical (unpaired) electrons. The van der Waals surface area contributed by atoms with Crippen molar-refractivity contribution in [2.45, 2.75) is 36.9 Å². The molecule has 0 N–H and O–H groups in total. The number of ether oxygens (including phenoxy) is 1. The lowest BCUT2D eigenvalue weighted by Gasteiger charge is -2.25. The molecule has 0 bridgehead atoms. The third-order valence-electron chi connectivity index (χ3n) is 7.61. The highest BCUT2D eigenvalue weighted by Gasteiger charge is 2.35. The number of nitrogens with zero attached hydrogens (tertiary/aromatic N) is 3. The molecule has 5 aromatic rings. The van der Waals surface area contributed by atoms with Gasteiger partial charge in [0.2, 0.25) is 10.0 Å². The molecule has 0 atom stereocenters. The molecule has 1 aromatic heterocycles. The number of rotatable bonds is 7. The van der Waals surface area contributed by atoms with Crippen molar-refractivity contribution in [3.8, 4) is 22.8 Å². The SMILES string of the molecule is O=S(=O)(c1ccc(Oc2cccc(-c3c4cccc(C(F)(F)F)c4nn3Cc3c(F)cc(F)cc3F)c2)cc1)N1CCCCC1. The molecule has 1 saturated heterocycles. The average Bonchev–Trinajstić information content (AvgIpc) is 3.37. The van der Waals surface area contributed by atoms with E-state index in [0.717, 1.165) is 30.0 Å². The third-order valence-corrected chi connectivity index (χ3v) is 9.52. The first kappa shape index (κ1) is 30.7.